The van der Waals surface area contributed by atoms with Gasteiger partial charge in [0, 0.05) is 12.1 Å². The molecular weight excluding hydrogens is 272 g/mol. The lowest BCUT2D eigenvalue weighted by Gasteiger charge is -2.06. The molecule has 0 bridgehead atoms. The Bertz CT molecular complexity index is 699. The number of aromatic nitrogens is 2. The normalized spacial score (nSPS) is 10.4. The number of rotatable bonds is 3. The molecule has 98 valence electrons. The molecule has 0 radical (unpaired) electrons. The summed E-state index contributed by atoms with van der Waals surface area (Å²) in [5, 5.41) is 10.6. The molecule has 0 saturated heterocycles. The van der Waals surface area contributed by atoms with Crippen molar-refractivity contribution in [1.29, 1.82) is 0 Å². The molecule has 2 N–H and O–H groups in total. The number of non-ortho nitro benzene ring substituents is 1. The third-order valence-electron chi connectivity index (χ3n) is 2.50. The lowest BCUT2D eigenvalue weighted by atomic mass is 10.2. The van der Waals surface area contributed by atoms with Gasteiger partial charge < -0.3 is 5.73 Å². The monoisotopic (exact) mass is 280 g/mol. The standard InChI is InChI=1S/C11H9ClN4O3/c12-10-9(13)11(17)15(6-14-10)5-7-2-1-3-8(4-7)16(18)19/h1-4,6H,5,13H2. The van der Waals surface area contributed by atoms with Crippen LogP contribution in [0.2, 0.25) is 5.15 Å². The van der Waals surface area contributed by atoms with E-state index in [4.69, 9.17) is 17.3 Å². The van der Waals surface area contributed by atoms with Crippen LogP contribution in [0.15, 0.2) is 35.4 Å². The SMILES string of the molecule is Nc1c(Cl)ncn(Cc2cccc([N+](=O)[O-])c2)c1=O. The van der Waals surface area contributed by atoms with Crippen LogP contribution in [0.3, 0.4) is 0 Å². The van der Waals surface area contributed by atoms with E-state index in [0.29, 0.717) is 5.56 Å². The Kier molecular flexibility index (Phi) is 3.48. The summed E-state index contributed by atoms with van der Waals surface area (Å²) in [6, 6.07) is 5.98. The first-order valence-corrected chi connectivity index (χ1v) is 5.60. The Morgan fingerprint density at radius 2 is 2.21 bits per heavy atom. The first kappa shape index (κ1) is 13.0. The highest BCUT2D eigenvalue weighted by molar-refractivity contribution is 6.31. The highest BCUT2D eigenvalue weighted by Gasteiger charge is 2.09. The predicted octanol–water partition coefficient (Wildman–Crippen LogP) is 1.44. The minimum Gasteiger partial charge on any atom is -0.392 e. The molecule has 0 atom stereocenters. The van der Waals surface area contributed by atoms with Gasteiger partial charge in [-0.05, 0) is 5.56 Å². The summed E-state index contributed by atoms with van der Waals surface area (Å²) in [5.41, 5.74) is 5.41. The van der Waals surface area contributed by atoms with E-state index in [1.807, 2.05) is 0 Å². The second-order valence-corrected chi connectivity index (χ2v) is 4.17. The predicted molar refractivity (Wildman–Crippen MR) is 70.1 cm³/mol. The number of nitrogen functional groups attached to an aromatic ring is 1. The van der Waals surface area contributed by atoms with E-state index in [9.17, 15) is 14.9 Å². The molecule has 0 fully saturated rings. The molecule has 0 spiro atoms. The van der Waals surface area contributed by atoms with Gasteiger partial charge in [-0.3, -0.25) is 19.5 Å². The van der Waals surface area contributed by atoms with E-state index in [-0.39, 0.29) is 23.1 Å². The number of hydrogen-bond donors (Lipinski definition) is 1. The zero-order chi connectivity index (χ0) is 14.0. The van der Waals surface area contributed by atoms with Crippen molar-refractivity contribution < 1.29 is 4.92 Å². The zero-order valence-electron chi connectivity index (χ0n) is 9.62. The number of nitro benzene ring substituents is 1. The fourth-order valence-corrected chi connectivity index (χ4v) is 1.69. The molecule has 0 unspecified atom stereocenters. The Morgan fingerprint density at radius 1 is 1.47 bits per heavy atom. The number of nitro groups is 1. The van der Waals surface area contributed by atoms with Crippen molar-refractivity contribution in [3.05, 3.63) is 61.8 Å². The van der Waals surface area contributed by atoms with E-state index in [1.54, 1.807) is 12.1 Å². The highest BCUT2D eigenvalue weighted by Crippen LogP contribution is 2.14. The first-order chi connectivity index (χ1) is 8.99. The molecule has 0 amide bonds. The van der Waals surface area contributed by atoms with Crippen LogP contribution in [0, 0.1) is 10.1 Å². The van der Waals surface area contributed by atoms with Gasteiger partial charge in [0.2, 0.25) is 0 Å². The number of hydrogen-bond acceptors (Lipinski definition) is 5. The van der Waals surface area contributed by atoms with Crippen molar-refractivity contribution in [1.82, 2.24) is 9.55 Å². The summed E-state index contributed by atoms with van der Waals surface area (Å²) in [7, 11) is 0. The average molecular weight is 281 g/mol. The summed E-state index contributed by atoms with van der Waals surface area (Å²) in [6.07, 6.45) is 1.25. The van der Waals surface area contributed by atoms with Crippen LogP contribution in [0.25, 0.3) is 0 Å². The summed E-state index contributed by atoms with van der Waals surface area (Å²) < 4.78 is 1.24. The molecular formula is C11H9ClN4O3. The first-order valence-electron chi connectivity index (χ1n) is 5.23. The summed E-state index contributed by atoms with van der Waals surface area (Å²) in [5.74, 6) is 0. The van der Waals surface area contributed by atoms with Crippen molar-refractivity contribution in [2.75, 3.05) is 5.73 Å². The van der Waals surface area contributed by atoms with Crippen LogP contribution in [0.1, 0.15) is 5.56 Å². The average Bonchev–Trinajstić information content (AvgIpc) is 2.40. The Labute approximate surface area is 112 Å². The van der Waals surface area contributed by atoms with E-state index in [2.05, 4.69) is 4.98 Å². The summed E-state index contributed by atoms with van der Waals surface area (Å²) >= 11 is 5.62. The highest BCUT2D eigenvalue weighted by atomic mass is 35.5. The van der Waals surface area contributed by atoms with Gasteiger partial charge in [0.05, 0.1) is 17.8 Å². The minimum atomic E-state index is -0.499. The lowest BCUT2D eigenvalue weighted by molar-refractivity contribution is -0.384. The van der Waals surface area contributed by atoms with Crippen LogP contribution in [0.5, 0.6) is 0 Å². The molecule has 0 aliphatic heterocycles. The van der Waals surface area contributed by atoms with Gasteiger partial charge in [-0.25, -0.2) is 4.98 Å². The number of halogens is 1. The maximum Gasteiger partial charge on any atom is 0.278 e. The van der Waals surface area contributed by atoms with E-state index in [0.717, 1.165) is 0 Å². The maximum atomic E-state index is 11.8. The van der Waals surface area contributed by atoms with Gasteiger partial charge >= 0.3 is 0 Å². The third-order valence-corrected chi connectivity index (χ3v) is 2.80. The van der Waals surface area contributed by atoms with Crippen LogP contribution >= 0.6 is 11.6 Å². The molecule has 0 aliphatic carbocycles. The Morgan fingerprint density at radius 3 is 2.89 bits per heavy atom. The topological polar surface area (TPSA) is 104 Å². The molecule has 7 nitrogen and oxygen atoms in total. The van der Waals surface area contributed by atoms with Crippen molar-refractivity contribution in [2.24, 2.45) is 0 Å². The minimum absolute atomic E-state index is 0.0413. The van der Waals surface area contributed by atoms with Gasteiger partial charge in [-0.2, -0.15) is 0 Å². The van der Waals surface area contributed by atoms with Gasteiger partial charge in [-0.1, -0.05) is 23.7 Å². The van der Waals surface area contributed by atoms with Crippen LogP contribution in [0.4, 0.5) is 11.4 Å². The van der Waals surface area contributed by atoms with Crippen LogP contribution in [-0.4, -0.2) is 14.5 Å². The Balaban J connectivity index is 2.37. The molecule has 1 heterocycles. The molecule has 0 aliphatic rings. The second kappa shape index (κ2) is 5.07. The summed E-state index contributed by atoms with van der Waals surface area (Å²) in [6.45, 7) is 0.134. The van der Waals surface area contributed by atoms with Gasteiger partial charge in [-0.15, -0.1) is 0 Å². The third kappa shape index (κ3) is 2.71. The van der Waals surface area contributed by atoms with Crippen molar-refractivity contribution in [3.63, 3.8) is 0 Å². The smallest absolute Gasteiger partial charge is 0.278 e. The number of nitrogens with zero attached hydrogens (tertiary/aromatic N) is 3. The second-order valence-electron chi connectivity index (χ2n) is 3.81. The zero-order valence-corrected chi connectivity index (χ0v) is 10.4. The van der Waals surface area contributed by atoms with Gasteiger partial charge in [0.25, 0.3) is 11.2 Å². The van der Waals surface area contributed by atoms with Crippen LogP contribution in [-0.2, 0) is 6.54 Å². The van der Waals surface area contributed by atoms with Crippen molar-refractivity contribution in [3.8, 4) is 0 Å². The number of anilines is 1. The van der Waals surface area contributed by atoms with Crippen molar-refractivity contribution >= 4 is 23.0 Å². The number of benzene rings is 1. The fourth-order valence-electron chi connectivity index (χ4n) is 1.56. The van der Waals surface area contributed by atoms with E-state index < -0.39 is 10.5 Å². The molecule has 8 heteroatoms. The van der Waals surface area contributed by atoms with Gasteiger partial charge in [0.1, 0.15) is 5.69 Å². The lowest BCUT2D eigenvalue weighted by Crippen LogP contribution is -2.24. The van der Waals surface area contributed by atoms with E-state index >= 15 is 0 Å². The van der Waals surface area contributed by atoms with Crippen LogP contribution < -0.4 is 11.3 Å². The largest absolute Gasteiger partial charge is 0.392 e. The molecule has 1 aromatic heterocycles. The Hall–Kier alpha value is -2.41. The quantitative estimate of drug-likeness (QED) is 0.520. The maximum absolute atomic E-state index is 11.8. The fraction of sp³-hybridized carbons (Fsp3) is 0.0909. The number of nitrogens with two attached hydrogens (primary N) is 1. The van der Waals surface area contributed by atoms with Gasteiger partial charge in [0.15, 0.2) is 5.15 Å². The summed E-state index contributed by atoms with van der Waals surface area (Å²) in [4.78, 5) is 25.7. The molecule has 1 aromatic carbocycles. The molecule has 2 rings (SSSR count). The van der Waals surface area contributed by atoms with E-state index in [1.165, 1.54) is 23.0 Å². The molecule has 0 saturated carbocycles. The molecule has 2 aromatic rings. The molecule has 19 heavy (non-hydrogen) atoms. The van der Waals surface area contributed by atoms with Crippen molar-refractivity contribution in [2.45, 2.75) is 6.54 Å².